The SMILES string of the molecule is C=C[C@@H]1[C@H](O[C@@H]2O[C@H](CO)[C@H](O)[C@H](O)[C@H]2O)OC=C(C(=O)OC)[C@H]1C[C@H]1c2[nH]c3ccccc3c2CCN1C. The van der Waals surface area contributed by atoms with Crippen molar-refractivity contribution in [2.24, 2.45) is 11.8 Å². The van der Waals surface area contributed by atoms with E-state index in [0.717, 1.165) is 24.2 Å². The molecule has 0 saturated carbocycles. The highest BCUT2D eigenvalue weighted by Crippen LogP contribution is 2.44. The molecule has 1 aromatic carbocycles. The number of aliphatic hydroxyl groups is 4. The number of aromatic nitrogens is 1. The first kappa shape index (κ1) is 27.8. The zero-order valence-electron chi connectivity index (χ0n) is 22.0. The fourth-order valence-electron chi connectivity index (χ4n) is 6.00. The molecule has 0 amide bonds. The van der Waals surface area contributed by atoms with Crippen LogP contribution in [0.15, 0.2) is 48.8 Å². The van der Waals surface area contributed by atoms with E-state index in [1.807, 2.05) is 19.2 Å². The number of hydrogen-bond donors (Lipinski definition) is 5. The number of aliphatic hydroxyl groups excluding tert-OH is 4. The molecule has 0 aliphatic carbocycles. The van der Waals surface area contributed by atoms with E-state index in [1.165, 1.54) is 24.3 Å². The summed E-state index contributed by atoms with van der Waals surface area (Å²) in [5.41, 5.74) is 3.73. The van der Waals surface area contributed by atoms with Crippen molar-refractivity contribution in [2.45, 2.75) is 55.9 Å². The van der Waals surface area contributed by atoms with Crippen LogP contribution in [0.4, 0.5) is 0 Å². The molecule has 5 rings (SSSR count). The first-order valence-electron chi connectivity index (χ1n) is 13.1. The maximum absolute atomic E-state index is 12.8. The van der Waals surface area contributed by atoms with Gasteiger partial charge in [-0.15, -0.1) is 6.58 Å². The Balaban J connectivity index is 1.45. The zero-order valence-corrected chi connectivity index (χ0v) is 22.0. The lowest BCUT2D eigenvalue weighted by molar-refractivity contribution is -0.339. The van der Waals surface area contributed by atoms with Crippen LogP contribution in [0.25, 0.3) is 10.9 Å². The van der Waals surface area contributed by atoms with Gasteiger partial charge in [0.15, 0.2) is 6.29 Å². The minimum atomic E-state index is -1.60. The molecule has 11 heteroatoms. The highest BCUT2D eigenvalue weighted by atomic mass is 16.8. The highest BCUT2D eigenvalue weighted by molar-refractivity contribution is 5.89. The number of esters is 1. The molecule has 11 nitrogen and oxygen atoms in total. The molecular formula is C28H36N2O9. The monoisotopic (exact) mass is 544 g/mol. The molecule has 1 saturated heterocycles. The molecule has 0 radical (unpaired) electrons. The fourth-order valence-corrected chi connectivity index (χ4v) is 6.00. The minimum Gasteiger partial charge on any atom is -0.471 e. The summed E-state index contributed by atoms with van der Waals surface area (Å²) in [6.45, 7) is 4.22. The number of carbonyl (C=O) groups excluding carboxylic acids is 1. The summed E-state index contributed by atoms with van der Waals surface area (Å²) in [5, 5.41) is 41.6. The average Bonchev–Trinajstić information content (AvgIpc) is 3.33. The molecule has 2 aromatic rings. The molecule has 0 bridgehead atoms. The van der Waals surface area contributed by atoms with Crippen LogP contribution in [0.5, 0.6) is 0 Å². The largest absolute Gasteiger partial charge is 0.471 e. The van der Waals surface area contributed by atoms with Crippen LogP contribution in [0, 0.1) is 11.8 Å². The number of rotatable bonds is 7. The Labute approximate surface area is 226 Å². The summed E-state index contributed by atoms with van der Waals surface area (Å²) in [7, 11) is 3.35. The molecule has 1 aromatic heterocycles. The smallest absolute Gasteiger partial charge is 0.337 e. The molecule has 4 heterocycles. The summed E-state index contributed by atoms with van der Waals surface area (Å²) < 4.78 is 22.3. The van der Waals surface area contributed by atoms with Gasteiger partial charge in [0.2, 0.25) is 6.29 Å². The molecular weight excluding hydrogens is 508 g/mol. The standard InChI is InChI=1S/C28H36N2O9/c1-4-14-17(11-20-22-16(9-10-30(20)2)15-7-5-6-8-19(15)29-22)18(26(35)36-3)13-37-27(14)39-28-25(34)24(33)23(32)21(12-31)38-28/h4-8,13-14,17,20-21,23-25,27-29,31-34H,1,9-12H2,2-3H3/t14-,17-,20-,21+,23-,24-,25+,27-,28-/m0/s1. The number of likely N-dealkylation sites (N-methyl/N-ethyl adjacent to an activating group) is 1. The second kappa shape index (κ2) is 11.4. The van der Waals surface area contributed by atoms with Crippen LogP contribution in [0.3, 0.4) is 0 Å². The molecule has 3 aliphatic rings. The molecule has 5 N–H and O–H groups in total. The molecule has 212 valence electrons. The number of nitrogens with zero attached hydrogens (tertiary/aromatic N) is 1. The number of H-pyrrole nitrogens is 1. The quantitative estimate of drug-likeness (QED) is 0.249. The van der Waals surface area contributed by atoms with Gasteiger partial charge >= 0.3 is 5.97 Å². The van der Waals surface area contributed by atoms with E-state index in [0.29, 0.717) is 12.0 Å². The summed E-state index contributed by atoms with van der Waals surface area (Å²) in [6, 6.07) is 8.12. The van der Waals surface area contributed by atoms with Gasteiger partial charge in [-0.1, -0.05) is 24.3 Å². The van der Waals surface area contributed by atoms with Crippen LogP contribution in [-0.4, -0.2) is 101 Å². The number of carbonyl (C=O) groups is 1. The van der Waals surface area contributed by atoms with Crippen molar-refractivity contribution >= 4 is 16.9 Å². The van der Waals surface area contributed by atoms with Crippen molar-refractivity contribution in [1.82, 2.24) is 9.88 Å². The highest BCUT2D eigenvalue weighted by Gasteiger charge is 2.48. The number of para-hydroxylation sites is 1. The Kier molecular flexibility index (Phi) is 8.11. The second-order valence-electron chi connectivity index (χ2n) is 10.4. The molecule has 0 unspecified atom stereocenters. The predicted octanol–water partition coefficient (Wildman–Crippen LogP) is 0.735. The van der Waals surface area contributed by atoms with Gasteiger partial charge in [0, 0.05) is 35.0 Å². The van der Waals surface area contributed by atoms with Crippen molar-refractivity contribution in [1.29, 1.82) is 0 Å². The third kappa shape index (κ3) is 5.00. The van der Waals surface area contributed by atoms with Gasteiger partial charge in [-0.3, -0.25) is 4.90 Å². The molecule has 1 fully saturated rings. The van der Waals surface area contributed by atoms with Crippen LogP contribution in [0.2, 0.25) is 0 Å². The van der Waals surface area contributed by atoms with Crippen LogP contribution < -0.4 is 0 Å². The second-order valence-corrected chi connectivity index (χ2v) is 10.4. The lowest BCUT2D eigenvalue weighted by atomic mass is 9.78. The van der Waals surface area contributed by atoms with E-state index < -0.39 is 61.4 Å². The first-order chi connectivity index (χ1) is 18.8. The van der Waals surface area contributed by atoms with E-state index in [9.17, 15) is 25.2 Å². The lowest BCUT2D eigenvalue weighted by Gasteiger charge is -2.44. The number of aromatic amines is 1. The Bertz CT molecular complexity index is 1230. The van der Waals surface area contributed by atoms with E-state index in [2.05, 4.69) is 28.6 Å². The average molecular weight is 545 g/mol. The number of fused-ring (bicyclic) bond motifs is 3. The zero-order chi connectivity index (χ0) is 27.8. The van der Waals surface area contributed by atoms with Gasteiger partial charge in [-0.2, -0.15) is 0 Å². The van der Waals surface area contributed by atoms with Gasteiger partial charge in [0.25, 0.3) is 0 Å². The summed E-state index contributed by atoms with van der Waals surface area (Å²) in [4.78, 5) is 18.7. The molecule has 3 aliphatic heterocycles. The van der Waals surface area contributed by atoms with Crippen molar-refractivity contribution in [3.8, 4) is 0 Å². The van der Waals surface area contributed by atoms with Crippen molar-refractivity contribution in [3.63, 3.8) is 0 Å². The summed E-state index contributed by atoms with van der Waals surface area (Å²) in [5.74, 6) is -1.54. The molecule has 0 spiro atoms. The van der Waals surface area contributed by atoms with Crippen LogP contribution in [-0.2, 0) is 30.2 Å². The summed E-state index contributed by atoms with van der Waals surface area (Å²) >= 11 is 0. The van der Waals surface area contributed by atoms with Gasteiger partial charge in [0.1, 0.15) is 24.4 Å². The Morgan fingerprint density at radius 3 is 2.69 bits per heavy atom. The van der Waals surface area contributed by atoms with E-state index in [1.54, 1.807) is 6.08 Å². The van der Waals surface area contributed by atoms with Gasteiger partial charge in [-0.05, 0) is 31.5 Å². The van der Waals surface area contributed by atoms with Crippen molar-refractivity contribution in [3.05, 3.63) is 60.0 Å². The van der Waals surface area contributed by atoms with Crippen molar-refractivity contribution < 1.29 is 44.2 Å². The topological polar surface area (TPSA) is 154 Å². The third-order valence-corrected chi connectivity index (χ3v) is 8.22. The van der Waals surface area contributed by atoms with E-state index >= 15 is 0 Å². The maximum atomic E-state index is 12.8. The maximum Gasteiger partial charge on any atom is 0.337 e. The number of benzene rings is 1. The number of ether oxygens (including phenoxy) is 4. The van der Waals surface area contributed by atoms with Crippen molar-refractivity contribution in [2.75, 3.05) is 27.3 Å². The van der Waals surface area contributed by atoms with E-state index in [4.69, 9.17) is 18.9 Å². The first-order valence-corrected chi connectivity index (χ1v) is 13.1. The minimum absolute atomic E-state index is 0.0623. The Hall–Kier alpha value is -2.77. The molecule has 9 atom stereocenters. The van der Waals surface area contributed by atoms with Gasteiger partial charge in [0.05, 0.1) is 31.6 Å². The predicted molar refractivity (Wildman–Crippen MR) is 139 cm³/mol. The number of methoxy groups -OCH3 is 1. The van der Waals surface area contributed by atoms with Gasteiger partial charge in [-0.25, -0.2) is 4.79 Å². The lowest BCUT2D eigenvalue weighted by Crippen LogP contribution is -2.60. The Morgan fingerprint density at radius 2 is 1.97 bits per heavy atom. The van der Waals surface area contributed by atoms with Crippen LogP contribution in [0.1, 0.15) is 23.7 Å². The van der Waals surface area contributed by atoms with Gasteiger partial charge < -0.3 is 44.4 Å². The Morgan fingerprint density at radius 1 is 1.21 bits per heavy atom. The third-order valence-electron chi connectivity index (χ3n) is 8.22. The molecule has 39 heavy (non-hydrogen) atoms. The fraction of sp³-hybridized carbons (Fsp3) is 0.536. The normalized spacial score (nSPS) is 35.1. The number of hydrogen-bond acceptors (Lipinski definition) is 10. The number of nitrogens with one attached hydrogen (secondary N) is 1. The van der Waals surface area contributed by atoms with Crippen LogP contribution >= 0.6 is 0 Å². The summed E-state index contributed by atoms with van der Waals surface area (Å²) in [6.07, 6.45) is -3.95. The van der Waals surface area contributed by atoms with E-state index in [-0.39, 0.29) is 6.04 Å².